The number of nitrogens with zero attached hydrogens (tertiary/aromatic N) is 2. The second-order valence-electron chi connectivity index (χ2n) is 4.40. The maximum absolute atomic E-state index is 10.2. The molecule has 4 nitrogen and oxygen atoms in total. The van der Waals surface area contributed by atoms with Crippen molar-refractivity contribution < 1.29 is 9.84 Å². The lowest BCUT2D eigenvalue weighted by Gasteiger charge is -2.26. The van der Waals surface area contributed by atoms with E-state index in [0.29, 0.717) is 0 Å². The molecule has 0 amide bonds. The molecule has 0 radical (unpaired) electrons. The molecule has 0 heterocycles. The van der Waals surface area contributed by atoms with E-state index < -0.39 is 6.23 Å². The smallest absolute Gasteiger partial charge is 0.136 e. The number of hydrogen-bond donors (Lipinski definition) is 1. The summed E-state index contributed by atoms with van der Waals surface area (Å²) in [6.45, 7) is 1.70. The third-order valence-corrected chi connectivity index (χ3v) is 2.73. The molecule has 0 unspecified atom stereocenters. The van der Waals surface area contributed by atoms with Gasteiger partial charge in [-0.2, -0.15) is 0 Å². The maximum atomic E-state index is 10.2. The Morgan fingerprint density at radius 1 is 1.18 bits per heavy atom. The van der Waals surface area contributed by atoms with Crippen molar-refractivity contribution in [3.05, 3.63) is 29.8 Å². The number of ether oxygens (including phenoxy) is 1. The molecule has 1 aromatic rings. The molecule has 0 saturated carbocycles. The zero-order chi connectivity index (χ0) is 12.8. The normalized spacial score (nSPS) is 13.1. The Balaban J connectivity index is 2.70. The molecule has 17 heavy (non-hydrogen) atoms. The first-order valence-electron chi connectivity index (χ1n) is 5.72. The fourth-order valence-corrected chi connectivity index (χ4v) is 1.60. The summed E-state index contributed by atoms with van der Waals surface area (Å²) >= 11 is 0. The molecule has 0 saturated heterocycles. The highest BCUT2D eigenvalue weighted by Crippen LogP contribution is 2.26. The minimum absolute atomic E-state index is 0.633. The van der Waals surface area contributed by atoms with Crippen molar-refractivity contribution in [2.75, 3.05) is 41.3 Å². The average molecular weight is 238 g/mol. The molecule has 0 aliphatic rings. The van der Waals surface area contributed by atoms with Crippen LogP contribution in [0.15, 0.2) is 24.3 Å². The third kappa shape index (κ3) is 4.00. The largest absolute Gasteiger partial charge is 0.496 e. The van der Waals surface area contributed by atoms with Crippen molar-refractivity contribution in [3.8, 4) is 5.75 Å². The molecule has 0 spiro atoms. The predicted molar refractivity (Wildman–Crippen MR) is 69.1 cm³/mol. The van der Waals surface area contributed by atoms with Crippen LogP contribution in [-0.4, -0.2) is 56.2 Å². The van der Waals surface area contributed by atoms with Crippen LogP contribution in [-0.2, 0) is 0 Å². The molecule has 0 aliphatic heterocycles. The van der Waals surface area contributed by atoms with Gasteiger partial charge in [0.05, 0.1) is 7.11 Å². The van der Waals surface area contributed by atoms with E-state index in [9.17, 15) is 5.11 Å². The summed E-state index contributed by atoms with van der Waals surface area (Å²) in [6.07, 6.45) is -0.633. The topological polar surface area (TPSA) is 35.9 Å². The van der Waals surface area contributed by atoms with Gasteiger partial charge >= 0.3 is 0 Å². The van der Waals surface area contributed by atoms with Crippen LogP contribution in [0.1, 0.15) is 11.8 Å². The lowest BCUT2D eigenvalue weighted by Crippen LogP contribution is -2.32. The molecular weight excluding hydrogens is 216 g/mol. The fraction of sp³-hybridized carbons (Fsp3) is 0.538. The van der Waals surface area contributed by atoms with Gasteiger partial charge in [-0.05, 0) is 27.2 Å². The summed E-state index contributed by atoms with van der Waals surface area (Å²) in [4.78, 5) is 3.99. The van der Waals surface area contributed by atoms with Crippen molar-refractivity contribution in [1.29, 1.82) is 0 Å². The van der Waals surface area contributed by atoms with E-state index in [4.69, 9.17) is 4.74 Å². The van der Waals surface area contributed by atoms with E-state index in [0.717, 1.165) is 24.4 Å². The van der Waals surface area contributed by atoms with Crippen molar-refractivity contribution in [2.24, 2.45) is 0 Å². The molecule has 0 fully saturated rings. The number of hydrogen-bond acceptors (Lipinski definition) is 4. The SMILES string of the molecule is COc1ccccc1[C@H](O)N(C)CCN(C)C. The molecule has 1 rings (SSSR count). The summed E-state index contributed by atoms with van der Waals surface area (Å²) in [5.74, 6) is 0.719. The molecule has 96 valence electrons. The first-order chi connectivity index (χ1) is 8.06. The Morgan fingerprint density at radius 3 is 2.41 bits per heavy atom. The fourth-order valence-electron chi connectivity index (χ4n) is 1.60. The summed E-state index contributed by atoms with van der Waals surface area (Å²) in [5.41, 5.74) is 0.802. The van der Waals surface area contributed by atoms with Crippen molar-refractivity contribution in [2.45, 2.75) is 6.23 Å². The van der Waals surface area contributed by atoms with Gasteiger partial charge in [0.2, 0.25) is 0 Å². The number of aliphatic hydroxyl groups is 1. The second-order valence-corrected chi connectivity index (χ2v) is 4.40. The van der Waals surface area contributed by atoms with Crippen molar-refractivity contribution in [1.82, 2.24) is 9.80 Å². The molecule has 1 N–H and O–H groups in total. The molecule has 1 atom stereocenters. The number of benzene rings is 1. The van der Waals surface area contributed by atoms with Crippen LogP contribution in [0.4, 0.5) is 0 Å². The lowest BCUT2D eigenvalue weighted by molar-refractivity contribution is 0.0157. The van der Waals surface area contributed by atoms with E-state index in [2.05, 4.69) is 4.90 Å². The average Bonchev–Trinajstić information content (AvgIpc) is 2.34. The minimum atomic E-state index is -0.633. The van der Waals surface area contributed by atoms with Gasteiger partial charge < -0.3 is 14.7 Å². The Kier molecular flexibility index (Phi) is 5.41. The third-order valence-electron chi connectivity index (χ3n) is 2.73. The number of rotatable bonds is 6. The van der Waals surface area contributed by atoms with Crippen LogP contribution in [0.3, 0.4) is 0 Å². The molecule has 1 aromatic carbocycles. The van der Waals surface area contributed by atoms with Gasteiger partial charge in [0, 0.05) is 18.7 Å². The Bertz CT molecular complexity index is 342. The van der Waals surface area contributed by atoms with Gasteiger partial charge in [-0.3, -0.25) is 4.90 Å². The lowest BCUT2D eigenvalue weighted by atomic mass is 10.1. The first kappa shape index (κ1) is 14.0. The van der Waals surface area contributed by atoms with E-state index >= 15 is 0 Å². The summed E-state index contributed by atoms with van der Waals surface area (Å²) < 4.78 is 5.25. The summed E-state index contributed by atoms with van der Waals surface area (Å²) in [7, 11) is 7.55. The molecular formula is C13H22N2O2. The van der Waals surface area contributed by atoms with Crippen LogP contribution in [0.25, 0.3) is 0 Å². The van der Waals surface area contributed by atoms with Gasteiger partial charge in [0.1, 0.15) is 12.0 Å². The van der Waals surface area contributed by atoms with Crippen LogP contribution < -0.4 is 4.74 Å². The maximum Gasteiger partial charge on any atom is 0.136 e. The highest BCUT2D eigenvalue weighted by Gasteiger charge is 2.17. The highest BCUT2D eigenvalue weighted by atomic mass is 16.5. The second kappa shape index (κ2) is 6.59. The van der Waals surface area contributed by atoms with Crippen molar-refractivity contribution >= 4 is 0 Å². The zero-order valence-electron chi connectivity index (χ0n) is 11.1. The highest BCUT2D eigenvalue weighted by molar-refractivity contribution is 5.34. The number of para-hydroxylation sites is 1. The summed E-state index contributed by atoms with van der Waals surface area (Å²) in [6, 6.07) is 7.55. The number of likely N-dealkylation sites (N-methyl/N-ethyl adjacent to an activating group) is 2. The molecule has 0 bridgehead atoms. The monoisotopic (exact) mass is 238 g/mol. The van der Waals surface area contributed by atoms with Crippen LogP contribution in [0, 0.1) is 0 Å². The standard InChI is InChI=1S/C13H22N2O2/c1-14(2)9-10-15(3)13(16)11-7-5-6-8-12(11)17-4/h5-8,13,16H,9-10H2,1-4H3/t13-/m0/s1. The van der Waals surface area contributed by atoms with Gasteiger partial charge in [-0.15, -0.1) is 0 Å². The van der Waals surface area contributed by atoms with Crippen LogP contribution >= 0.6 is 0 Å². The van der Waals surface area contributed by atoms with E-state index in [1.54, 1.807) is 7.11 Å². The Labute approximate surface area is 103 Å². The first-order valence-corrected chi connectivity index (χ1v) is 5.72. The van der Waals surface area contributed by atoms with E-state index in [-0.39, 0.29) is 0 Å². The van der Waals surface area contributed by atoms with Crippen LogP contribution in [0.2, 0.25) is 0 Å². The van der Waals surface area contributed by atoms with Crippen LogP contribution in [0.5, 0.6) is 5.75 Å². The quantitative estimate of drug-likeness (QED) is 0.755. The minimum Gasteiger partial charge on any atom is -0.496 e. The van der Waals surface area contributed by atoms with Crippen molar-refractivity contribution in [3.63, 3.8) is 0 Å². The number of methoxy groups -OCH3 is 1. The molecule has 0 aromatic heterocycles. The van der Waals surface area contributed by atoms with Gasteiger partial charge in [0.15, 0.2) is 0 Å². The molecule has 4 heteroatoms. The van der Waals surface area contributed by atoms with E-state index in [1.807, 2.05) is 50.3 Å². The predicted octanol–water partition coefficient (Wildman–Crippen LogP) is 1.18. The van der Waals surface area contributed by atoms with Gasteiger partial charge in [0.25, 0.3) is 0 Å². The number of aliphatic hydroxyl groups excluding tert-OH is 1. The Morgan fingerprint density at radius 2 is 1.82 bits per heavy atom. The van der Waals surface area contributed by atoms with Gasteiger partial charge in [-0.1, -0.05) is 18.2 Å². The molecule has 0 aliphatic carbocycles. The zero-order valence-corrected chi connectivity index (χ0v) is 11.1. The van der Waals surface area contributed by atoms with E-state index in [1.165, 1.54) is 0 Å². The Hall–Kier alpha value is -1.10. The van der Waals surface area contributed by atoms with Gasteiger partial charge in [-0.25, -0.2) is 0 Å². The summed E-state index contributed by atoms with van der Waals surface area (Å²) in [5, 5.41) is 10.2.